The fraction of sp³-hybridized carbons (Fsp3) is 0.136. The first-order valence-electron chi connectivity index (χ1n) is 8.94. The van der Waals surface area contributed by atoms with Crippen LogP contribution < -0.4 is 5.32 Å². The highest BCUT2D eigenvalue weighted by Gasteiger charge is 2.04. The summed E-state index contributed by atoms with van der Waals surface area (Å²) in [7, 11) is 0. The molecule has 0 spiro atoms. The summed E-state index contributed by atoms with van der Waals surface area (Å²) < 4.78 is 2.01. The van der Waals surface area contributed by atoms with Gasteiger partial charge in [-0.15, -0.1) is 0 Å². The van der Waals surface area contributed by atoms with Gasteiger partial charge in [0.05, 0.1) is 16.9 Å². The number of aromatic nitrogens is 3. The molecule has 0 aliphatic carbocycles. The lowest BCUT2D eigenvalue weighted by molar-refractivity contribution is -0.116. The van der Waals surface area contributed by atoms with E-state index in [1.54, 1.807) is 6.08 Å². The highest BCUT2D eigenvalue weighted by atomic mass is 16.1. The van der Waals surface area contributed by atoms with Crippen LogP contribution in [0.25, 0.3) is 22.6 Å². The fourth-order valence-corrected chi connectivity index (χ4v) is 3.03. The third kappa shape index (κ3) is 3.87. The number of pyridine rings is 2. The predicted molar refractivity (Wildman–Crippen MR) is 107 cm³/mol. The summed E-state index contributed by atoms with van der Waals surface area (Å²) in [6, 6.07) is 15.9. The molecule has 1 N–H and O–H groups in total. The maximum atomic E-state index is 12.0. The molecule has 0 aliphatic rings. The molecule has 27 heavy (non-hydrogen) atoms. The SMILES string of the molecule is Cc1cccn2cc(CCNC(=O)C=Cc3ccc4ccccc4n3)nc12. The minimum atomic E-state index is -0.134. The van der Waals surface area contributed by atoms with Gasteiger partial charge in [-0.2, -0.15) is 0 Å². The lowest BCUT2D eigenvalue weighted by Gasteiger charge is -2.00. The van der Waals surface area contributed by atoms with Gasteiger partial charge in [0.25, 0.3) is 0 Å². The summed E-state index contributed by atoms with van der Waals surface area (Å²) in [5.41, 5.74) is 4.74. The van der Waals surface area contributed by atoms with Crippen LogP contribution in [0, 0.1) is 6.92 Å². The number of nitrogens with one attached hydrogen (secondary N) is 1. The fourth-order valence-electron chi connectivity index (χ4n) is 3.03. The van der Waals surface area contributed by atoms with Crippen LogP contribution in [0.5, 0.6) is 0 Å². The Morgan fingerprint density at radius 2 is 2.00 bits per heavy atom. The van der Waals surface area contributed by atoms with Crippen LogP contribution in [0.3, 0.4) is 0 Å². The van der Waals surface area contributed by atoms with Gasteiger partial charge < -0.3 is 9.72 Å². The van der Waals surface area contributed by atoms with Crippen molar-refractivity contribution in [1.82, 2.24) is 19.7 Å². The Hall–Kier alpha value is -3.47. The quantitative estimate of drug-likeness (QED) is 0.556. The summed E-state index contributed by atoms with van der Waals surface area (Å²) in [4.78, 5) is 21.2. The van der Waals surface area contributed by atoms with Gasteiger partial charge in [0.15, 0.2) is 0 Å². The molecular weight excluding hydrogens is 336 g/mol. The molecule has 4 rings (SSSR count). The molecule has 0 saturated heterocycles. The van der Waals surface area contributed by atoms with Crippen molar-refractivity contribution in [2.24, 2.45) is 0 Å². The summed E-state index contributed by atoms with van der Waals surface area (Å²) >= 11 is 0. The van der Waals surface area contributed by atoms with E-state index >= 15 is 0 Å². The maximum absolute atomic E-state index is 12.0. The number of hydrogen-bond donors (Lipinski definition) is 1. The van der Waals surface area contributed by atoms with Crippen molar-refractivity contribution in [3.63, 3.8) is 0 Å². The predicted octanol–water partition coefficient (Wildman–Crippen LogP) is 3.56. The van der Waals surface area contributed by atoms with Gasteiger partial charge in [-0.25, -0.2) is 9.97 Å². The third-order valence-electron chi connectivity index (χ3n) is 4.43. The summed E-state index contributed by atoms with van der Waals surface area (Å²) in [6.45, 7) is 2.58. The Kier molecular flexibility index (Phi) is 4.66. The van der Waals surface area contributed by atoms with Gasteiger partial charge in [-0.3, -0.25) is 4.79 Å². The van der Waals surface area contributed by atoms with Crippen molar-refractivity contribution < 1.29 is 4.79 Å². The van der Waals surface area contributed by atoms with Crippen molar-refractivity contribution in [1.29, 1.82) is 0 Å². The van der Waals surface area contributed by atoms with Crippen molar-refractivity contribution in [2.45, 2.75) is 13.3 Å². The van der Waals surface area contributed by atoms with Crippen LogP contribution >= 0.6 is 0 Å². The Bertz CT molecular complexity index is 1140. The van der Waals surface area contributed by atoms with E-state index < -0.39 is 0 Å². The number of aryl methyl sites for hydroxylation is 1. The Labute approximate surface area is 157 Å². The molecule has 0 unspecified atom stereocenters. The molecule has 3 aromatic heterocycles. The summed E-state index contributed by atoms with van der Waals surface area (Å²) in [6.07, 6.45) is 7.93. The molecule has 5 heteroatoms. The van der Waals surface area contributed by atoms with Crippen molar-refractivity contribution in [3.05, 3.63) is 84.0 Å². The third-order valence-corrected chi connectivity index (χ3v) is 4.43. The van der Waals surface area contributed by atoms with E-state index in [9.17, 15) is 4.79 Å². The van der Waals surface area contributed by atoms with Gasteiger partial charge in [0.2, 0.25) is 5.91 Å². The molecule has 5 nitrogen and oxygen atoms in total. The van der Waals surface area contributed by atoms with Crippen LogP contribution in [-0.4, -0.2) is 26.8 Å². The number of para-hydroxylation sites is 1. The van der Waals surface area contributed by atoms with E-state index in [1.807, 2.05) is 72.2 Å². The van der Waals surface area contributed by atoms with Crippen LogP contribution in [0.15, 0.2) is 67.0 Å². The molecule has 0 aliphatic heterocycles. The van der Waals surface area contributed by atoms with Crippen LogP contribution in [0.4, 0.5) is 0 Å². The number of amides is 1. The average molecular weight is 356 g/mol. The molecule has 4 aromatic rings. The van der Waals surface area contributed by atoms with Gasteiger partial charge in [-0.05, 0) is 36.8 Å². The van der Waals surface area contributed by atoms with Gasteiger partial charge in [0.1, 0.15) is 5.65 Å². The second kappa shape index (κ2) is 7.41. The van der Waals surface area contributed by atoms with E-state index in [0.717, 1.165) is 33.5 Å². The second-order valence-corrected chi connectivity index (χ2v) is 6.46. The second-order valence-electron chi connectivity index (χ2n) is 6.46. The zero-order chi connectivity index (χ0) is 18.6. The molecule has 1 amide bonds. The van der Waals surface area contributed by atoms with Gasteiger partial charge in [-0.1, -0.05) is 30.3 Å². The summed E-state index contributed by atoms with van der Waals surface area (Å²) in [5, 5.41) is 3.98. The van der Waals surface area contributed by atoms with Crippen molar-refractivity contribution in [2.75, 3.05) is 6.54 Å². The highest BCUT2D eigenvalue weighted by Crippen LogP contribution is 2.12. The van der Waals surface area contributed by atoms with E-state index in [2.05, 4.69) is 15.3 Å². The minimum absolute atomic E-state index is 0.134. The topological polar surface area (TPSA) is 59.3 Å². The zero-order valence-corrected chi connectivity index (χ0v) is 15.1. The number of benzene rings is 1. The molecule has 3 heterocycles. The van der Waals surface area contributed by atoms with Gasteiger partial charge in [0, 0.05) is 36.8 Å². The molecule has 0 saturated carbocycles. The number of carbonyl (C=O) groups is 1. The normalized spacial score (nSPS) is 11.4. The first kappa shape index (κ1) is 17.0. The number of fused-ring (bicyclic) bond motifs is 2. The monoisotopic (exact) mass is 356 g/mol. The highest BCUT2D eigenvalue weighted by molar-refractivity contribution is 5.91. The average Bonchev–Trinajstić information content (AvgIpc) is 3.10. The number of rotatable bonds is 5. The van der Waals surface area contributed by atoms with Crippen LogP contribution in [0.2, 0.25) is 0 Å². The van der Waals surface area contributed by atoms with Gasteiger partial charge >= 0.3 is 0 Å². The smallest absolute Gasteiger partial charge is 0.244 e. The first-order chi connectivity index (χ1) is 13.2. The first-order valence-corrected chi connectivity index (χ1v) is 8.94. The Balaban J connectivity index is 1.34. The number of carbonyl (C=O) groups excluding carboxylic acids is 1. The van der Waals surface area contributed by atoms with E-state index in [0.29, 0.717) is 13.0 Å². The number of hydrogen-bond acceptors (Lipinski definition) is 3. The summed E-state index contributed by atoms with van der Waals surface area (Å²) in [5.74, 6) is -0.134. The molecule has 1 aromatic carbocycles. The Morgan fingerprint density at radius 3 is 2.89 bits per heavy atom. The lowest BCUT2D eigenvalue weighted by atomic mass is 10.2. The Morgan fingerprint density at radius 1 is 1.11 bits per heavy atom. The zero-order valence-electron chi connectivity index (χ0n) is 15.1. The maximum Gasteiger partial charge on any atom is 0.244 e. The van der Waals surface area contributed by atoms with Crippen LogP contribution in [-0.2, 0) is 11.2 Å². The molecule has 134 valence electrons. The van der Waals surface area contributed by atoms with Crippen LogP contribution in [0.1, 0.15) is 17.0 Å². The molecule has 0 radical (unpaired) electrons. The number of nitrogens with zero attached hydrogens (tertiary/aromatic N) is 3. The largest absolute Gasteiger partial charge is 0.352 e. The molecule has 0 fully saturated rings. The minimum Gasteiger partial charge on any atom is -0.352 e. The standard InChI is InChI=1S/C22H20N4O/c1-16-5-4-14-26-15-19(25-22(16)26)12-13-23-21(27)11-10-18-9-8-17-6-2-3-7-20(17)24-18/h2-11,14-15H,12-13H2,1H3,(H,23,27). The van der Waals surface area contributed by atoms with Crippen molar-refractivity contribution >= 4 is 28.5 Å². The lowest BCUT2D eigenvalue weighted by Crippen LogP contribution is -2.23. The number of imidazole rings is 1. The molecular formula is C22H20N4O. The molecule has 0 bridgehead atoms. The van der Waals surface area contributed by atoms with E-state index in [-0.39, 0.29) is 5.91 Å². The van der Waals surface area contributed by atoms with E-state index in [4.69, 9.17) is 0 Å². The molecule has 0 atom stereocenters. The van der Waals surface area contributed by atoms with E-state index in [1.165, 1.54) is 6.08 Å². The van der Waals surface area contributed by atoms with Crippen molar-refractivity contribution in [3.8, 4) is 0 Å².